The number of likely N-dealkylation sites (N-methyl/N-ethyl adjacent to an activating group) is 1. The van der Waals surface area contributed by atoms with Crippen LogP contribution in [0, 0.1) is 0 Å². The minimum atomic E-state index is -0.305. The lowest BCUT2D eigenvalue weighted by molar-refractivity contribution is -0.139. The molecule has 0 N–H and O–H groups in total. The van der Waals surface area contributed by atoms with Crippen LogP contribution in [0.5, 0.6) is 0 Å². The van der Waals surface area contributed by atoms with E-state index in [-0.39, 0.29) is 11.5 Å². The summed E-state index contributed by atoms with van der Waals surface area (Å²) < 4.78 is 6.52. The van der Waals surface area contributed by atoms with Gasteiger partial charge in [0.05, 0.1) is 5.60 Å². The Bertz CT molecular complexity index is 579. The maximum atomic E-state index is 12.0. The van der Waals surface area contributed by atoms with Crippen molar-refractivity contribution < 1.29 is 9.53 Å². The second-order valence-electron chi connectivity index (χ2n) is 7.82. The smallest absolute Gasteiger partial charge is 0.222 e. The van der Waals surface area contributed by atoms with E-state index in [1.54, 1.807) is 6.20 Å². The summed E-state index contributed by atoms with van der Waals surface area (Å²) in [5.74, 6) is 0.241. The van der Waals surface area contributed by atoms with Crippen LogP contribution in [-0.4, -0.2) is 85.1 Å². The zero-order valence-corrected chi connectivity index (χ0v) is 16.9. The molecule has 3 heterocycles. The Balaban J connectivity index is 1.55. The Morgan fingerprint density at radius 3 is 2.56 bits per heavy atom. The van der Waals surface area contributed by atoms with Gasteiger partial charge in [-0.25, -0.2) is 0 Å². The number of ether oxygens (including phenoxy) is 1. The quantitative estimate of drug-likeness (QED) is 0.683. The lowest BCUT2D eigenvalue weighted by Crippen LogP contribution is -2.47. The van der Waals surface area contributed by atoms with Crippen molar-refractivity contribution in [3.63, 3.8) is 0 Å². The van der Waals surface area contributed by atoms with Gasteiger partial charge in [0.25, 0.3) is 0 Å². The Kier molecular flexibility index (Phi) is 7.21. The first-order valence-corrected chi connectivity index (χ1v) is 10.4. The van der Waals surface area contributed by atoms with Crippen molar-refractivity contribution in [3.8, 4) is 0 Å². The Morgan fingerprint density at radius 1 is 1.19 bits per heavy atom. The molecule has 1 aromatic heterocycles. The number of nitrogens with zero attached hydrogens (tertiary/aromatic N) is 4. The van der Waals surface area contributed by atoms with Crippen molar-refractivity contribution in [2.24, 2.45) is 0 Å². The van der Waals surface area contributed by atoms with Gasteiger partial charge < -0.3 is 19.4 Å². The number of carbonyl (C=O) groups excluding carboxylic acids is 1. The molecule has 27 heavy (non-hydrogen) atoms. The lowest BCUT2D eigenvalue weighted by atomic mass is 9.84. The van der Waals surface area contributed by atoms with Gasteiger partial charge in [-0.2, -0.15) is 0 Å². The molecule has 3 rings (SSSR count). The third-order valence-electron chi connectivity index (χ3n) is 6.01. The SMILES string of the molecule is CCC(=O)N1CCC(OCCCN2CCN(C)CC2)(c2cccnc2)CC1. The highest BCUT2D eigenvalue weighted by Gasteiger charge is 2.38. The van der Waals surface area contributed by atoms with E-state index in [1.165, 1.54) is 0 Å². The van der Waals surface area contributed by atoms with E-state index in [0.29, 0.717) is 6.42 Å². The monoisotopic (exact) mass is 374 g/mol. The zero-order valence-electron chi connectivity index (χ0n) is 16.9. The van der Waals surface area contributed by atoms with Crippen LogP contribution < -0.4 is 0 Å². The van der Waals surface area contributed by atoms with Crippen molar-refractivity contribution in [2.45, 2.75) is 38.2 Å². The molecular formula is C21H34N4O2. The number of carbonyl (C=O) groups is 1. The van der Waals surface area contributed by atoms with Gasteiger partial charge in [0, 0.05) is 76.8 Å². The fraction of sp³-hybridized carbons (Fsp3) is 0.714. The van der Waals surface area contributed by atoms with Gasteiger partial charge in [0.15, 0.2) is 0 Å². The first-order valence-electron chi connectivity index (χ1n) is 10.4. The van der Waals surface area contributed by atoms with Gasteiger partial charge in [-0.3, -0.25) is 9.78 Å². The number of amides is 1. The van der Waals surface area contributed by atoms with Crippen LogP contribution in [0.4, 0.5) is 0 Å². The third kappa shape index (κ3) is 5.27. The largest absolute Gasteiger partial charge is 0.370 e. The summed E-state index contributed by atoms with van der Waals surface area (Å²) in [5.41, 5.74) is 0.842. The van der Waals surface area contributed by atoms with E-state index in [9.17, 15) is 4.79 Å². The fourth-order valence-electron chi connectivity index (χ4n) is 4.12. The topological polar surface area (TPSA) is 48.9 Å². The van der Waals surface area contributed by atoms with Crippen molar-refractivity contribution in [1.29, 1.82) is 0 Å². The number of piperazine rings is 1. The van der Waals surface area contributed by atoms with Crippen LogP contribution in [0.15, 0.2) is 24.5 Å². The van der Waals surface area contributed by atoms with E-state index >= 15 is 0 Å². The van der Waals surface area contributed by atoms with Gasteiger partial charge in [0.1, 0.15) is 0 Å². The number of pyridine rings is 1. The third-order valence-corrected chi connectivity index (χ3v) is 6.01. The summed E-state index contributed by atoms with van der Waals surface area (Å²) in [6.45, 7) is 9.92. The first-order chi connectivity index (χ1) is 13.1. The van der Waals surface area contributed by atoms with Crippen LogP contribution in [0.25, 0.3) is 0 Å². The maximum Gasteiger partial charge on any atom is 0.222 e. The van der Waals surface area contributed by atoms with Crippen molar-refractivity contribution in [3.05, 3.63) is 30.1 Å². The van der Waals surface area contributed by atoms with Gasteiger partial charge in [-0.15, -0.1) is 0 Å². The van der Waals surface area contributed by atoms with Gasteiger partial charge in [-0.05, 0) is 32.4 Å². The second-order valence-corrected chi connectivity index (χ2v) is 7.82. The highest BCUT2D eigenvalue weighted by molar-refractivity contribution is 5.75. The van der Waals surface area contributed by atoms with Crippen LogP contribution in [0.2, 0.25) is 0 Å². The normalized spacial score (nSPS) is 21.3. The van der Waals surface area contributed by atoms with E-state index in [1.807, 2.05) is 24.1 Å². The molecule has 1 amide bonds. The minimum absolute atomic E-state index is 0.241. The molecule has 0 saturated carbocycles. The van der Waals surface area contributed by atoms with E-state index in [0.717, 1.165) is 77.2 Å². The van der Waals surface area contributed by atoms with Crippen LogP contribution in [0.3, 0.4) is 0 Å². The number of piperidine rings is 1. The maximum absolute atomic E-state index is 12.0. The van der Waals surface area contributed by atoms with Crippen LogP contribution in [0.1, 0.15) is 38.2 Å². The molecule has 2 aliphatic rings. The van der Waals surface area contributed by atoms with E-state index < -0.39 is 0 Å². The summed E-state index contributed by atoms with van der Waals surface area (Å²) in [4.78, 5) is 23.2. The molecule has 1 aromatic rings. The van der Waals surface area contributed by atoms with E-state index in [2.05, 4.69) is 27.9 Å². The Hall–Kier alpha value is -1.50. The Morgan fingerprint density at radius 2 is 1.93 bits per heavy atom. The molecule has 0 aliphatic carbocycles. The highest BCUT2D eigenvalue weighted by Crippen LogP contribution is 2.36. The molecule has 0 spiro atoms. The molecule has 0 aromatic carbocycles. The number of likely N-dealkylation sites (tertiary alicyclic amines) is 1. The number of rotatable bonds is 7. The predicted molar refractivity (Wildman–Crippen MR) is 107 cm³/mol. The van der Waals surface area contributed by atoms with Crippen molar-refractivity contribution in [1.82, 2.24) is 19.7 Å². The molecule has 0 radical (unpaired) electrons. The summed E-state index contributed by atoms with van der Waals surface area (Å²) in [7, 11) is 2.19. The lowest BCUT2D eigenvalue weighted by Gasteiger charge is -2.42. The summed E-state index contributed by atoms with van der Waals surface area (Å²) in [6, 6.07) is 4.10. The summed E-state index contributed by atoms with van der Waals surface area (Å²) >= 11 is 0. The average Bonchev–Trinajstić information content (AvgIpc) is 2.73. The highest BCUT2D eigenvalue weighted by atomic mass is 16.5. The van der Waals surface area contributed by atoms with Crippen molar-refractivity contribution in [2.75, 3.05) is 59.5 Å². The average molecular weight is 375 g/mol. The van der Waals surface area contributed by atoms with Gasteiger partial charge in [-0.1, -0.05) is 13.0 Å². The zero-order chi connectivity index (χ0) is 19.1. The number of aromatic nitrogens is 1. The minimum Gasteiger partial charge on any atom is -0.370 e. The fourth-order valence-corrected chi connectivity index (χ4v) is 4.12. The summed E-state index contributed by atoms with van der Waals surface area (Å²) in [6.07, 6.45) is 7.05. The molecule has 2 fully saturated rings. The molecule has 0 unspecified atom stereocenters. The Labute approximate surface area is 163 Å². The van der Waals surface area contributed by atoms with Gasteiger partial charge in [0.2, 0.25) is 5.91 Å². The predicted octanol–water partition coefficient (Wildman–Crippen LogP) is 1.96. The standard InChI is InChI=1S/C21H34N4O2/c1-3-20(26)25-11-7-21(8-12-25,19-6-4-9-22-18-19)27-17-5-10-24-15-13-23(2)14-16-24/h4,6,9,18H,3,5,7-8,10-17H2,1-2H3. The summed E-state index contributed by atoms with van der Waals surface area (Å²) in [5, 5.41) is 0. The van der Waals surface area contributed by atoms with Crippen LogP contribution in [-0.2, 0) is 15.1 Å². The van der Waals surface area contributed by atoms with E-state index in [4.69, 9.17) is 4.74 Å². The number of hydrogen-bond donors (Lipinski definition) is 0. The molecule has 0 bridgehead atoms. The molecular weight excluding hydrogens is 340 g/mol. The number of hydrogen-bond acceptors (Lipinski definition) is 5. The van der Waals surface area contributed by atoms with Crippen LogP contribution >= 0.6 is 0 Å². The molecule has 0 atom stereocenters. The molecule has 2 aliphatic heterocycles. The molecule has 150 valence electrons. The molecule has 2 saturated heterocycles. The van der Waals surface area contributed by atoms with Crippen molar-refractivity contribution >= 4 is 5.91 Å². The second kappa shape index (κ2) is 9.62. The molecule has 6 nitrogen and oxygen atoms in total. The molecule has 6 heteroatoms. The first kappa shape index (κ1) is 20.2. The van der Waals surface area contributed by atoms with Gasteiger partial charge >= 0.3 is 0 Å².